The minimum Gasteiger partial charge on any atom is -0.479 e. The topological polar surface area (TPSA) is 270 Å². The minimum absolute atomic E-state index is 0.0843. The van der Waals surface area contributed by atoms with Crippen LogP contribution < -0.4 is 0 Å². The van der Waals surface area contributed by atoms with Crippen LogP contribution >= 0.6 is 0 Å². The van der Waals surface area contributed by atoms with E-state index in [9.17, 15) is 41.7 Å². The summed E-state index contributed by atoms with van der Waals surface area (Å²) in [6, 6.07) is 0. The van der Waals surface area contributed by atoms with Gasteiger partial charge in [-0.15, -0.1) is 0 Å². The number of carbonyl (C=O) groups is 2. The van der Waals surface area contributed by atoms with Gasteiger partial charge in [0.25, 0.3) is 0 Å². The average molecular weight is 498 g/mol. The Labute approximate surface area is 173 Å². The maximum Gasteiger partial charge on any atom is 0.397 e. The first-order valence-electron chi connectivity index (χ1n) is 8.11. The van der Waals surface area contributed by atoms with E-state index in [1.165, 1.54) is 0 Å². The highest BCUT2D eigenvalue weighted by Crippen LogP contribution is 2.31. The molecule has 0 aromatic rings. The number of aldehydes is 1. The molecule has 2 fully saturated rings. The number of carboxylic acids is 1. The molecule has 6 N–H and O–H groups in total. The molecule has 0 spiro atoms. The molecule has 6 unspecified atom stereocenters. The summed E-state index contributed by atoms with van der Waals surface area (Å²) in [5, 5.41) is 39.1. The predicted molar refractivity (Wildman–Crippen MR) is 87.8 cm³/mol. The van der Waals surface area contributed by atoms with E-state index in [-0.39, 0.29) is 6.29 Å². The van der Waals surface area contributed by atoms with Crippen LogP contribution in [0, 0.1) is 0 Å². The smallest absolute Gasteiger partial charge is 0.397 e. The van der Waals surface area contributed by atoms with Crippen molar-refractivity contribution in [3.63, 3.8) is 0 Å². The first-order valence-corrected chi connectivity index (χ1v) is 10.8. The second kappa shape index (κ2) is 9.64. The van der Waals surface area contributed by atoms with Gasteiger partial charge in [-0.05, 0) is 0 Å². The molecule has 2 aliphatic heterocycles. The quantitative estimate of drug-likeness (QED) is 0.128. The van der Waals surface area contributed by atoms with Crippen molar-refractivity contribution in [2.75, 3.05) is 6.61 Å². The lowest BCUT2D eigenvalue weighted by Gasteiger charge is -2.41. The summed E-state index contributed by atoms with van der Waals surface area (Å²) in [6.45, 7) is -1.03. The van der Waals surface area contributed by atoms with E-state index in [0.29, 0.717) is 0 Å². The molecule has 0 radical (unpaired) electrons. The Morgan fingerprint density at radius 2 is 1.55 bits per heavy atom. The SMILES string of the molecule is O=C[C@H]1O[C@H](COS(=O)(=O)O)C(OC2OC(C(=O)O)C(O)C(O)C2OS(=O)(=O)O)[C@H]1O. The number of aliphatic hydroxyl groups excluding tert-OH is 3. The second-order valence-corrected chi connectivity index (χ2v) is 8.45. The Bertz CT molecular complexity index is 870. The molecule has 2 rings (SSSR count). The van der Waals surface area contributed by atoms with Crippen molar-refractivity contribution >= 4 is 33.1 Å². The Balaban J connectivity index is 2.32. The van der Waals surface area contributed by atoms with E-state index in [4.69, 9.17) is 28.4 Å². The maximum absolute atomic E-state index is 11.2. The summed E-state index contributed by atoms with van der Waals surface area (Å²) >= 11 is 0. The highest BCUT2D eigenvalue weighted by Gasteiger charge is 2.54. The van der Waals surface area contributed by atoms with Gasteiger partial charge >= 0.3 is 26.8 Å². The minimum atomic E-state index is -5.32. The van der Waals surface area contributed by atoms with Gasteiger partial charge in [-0.2, -0.15) is 16.8 Å². The van der Waals surface area contributed by atoms with Gasteiger partial charge in [-0.1, -0.05) is 0 Å². The molecule has 9 atom stereocenters. The second-order valence-electron chi connectivity index (χ2n) is 6.31. The standard InChI is InChI=1S/C12H18O17S2/c13-1-3-5(14)8(4(26-3)2-25-30(19,20)21)27-12-10(29-31(22,23)24)7(16)6(15)9(28-12)11(17)18/h1,3-10,12,14-16H,2H2,(H,17,18)(H,19,20,21)(H,22,23,24)/t3-,4-,5+,6?,7?,8?,9?,10?,12?/m1/s1. The Kier molecular flexibility index (Phi) is 8.05. The summed E-state index contributed by atoms with van der Waals surface area (Å²) in [7, 11) is -10.3. The number of rotatable bonds is 9. The molecule has 180 valence electrons. The van der Waals surface area contributed by atoms with Crippen LogP contribution in [0.4, 0.5) is 0 Å². The van der Waals surface area contributed by atoms with Crippen molar-refractivity contribution in [3.8, 4) is 0 Å². The third kappa shape index (κ3) is 6.57. The molecule has 2 saturated heterocycles. The van der Waals surface area contributed by atoms with Gasteiger partial charge < -0.3 is 39.4 Å². The van der Waals surface area contributed by atoms with E-state index in [1.807, 2.05) is 0 Å². The monoisotopic (exact) mass is 498 g/mol. The van der Waals surface area contributed by atoms with E-state index in [0.717, 1.165) is 0 Å². The molecule has 17 nitrogen and oxygen atoms in total. The van der Waals surface area contributed by atoms with Crippen molar-refractivity contribution in [3.05, 3.63) is 0 Å². The zero-order valence-electron chi connectivity index (χ0n) is 15.0. The zero-order chi connectivity index (χ0) is 23.7. The fraction of sp³-hybridized carbons (Fsp3) is 0.833. The van der Waals surface area contributed by atoms with Crippen LogP contribution in [0.1, 0.15) is 0 Å². The summed E-state index contributed by atoms with van der Waals surface area (Å²) < 4.78 is 84.5. The average Bonchev–Trinajstić information content (AvgIpc) is 2.92. The normalized spacial score (nSPS) is 39.3. The van der Waals surface area contributed by atoms with E-state index >= 15 is 0 Å². The van der Waals surface area contributed by atoms with Gasteiger partial charge in [0.1, 0.15) is 36.6 Å². The van der Waals surface area contributed by atoms with Gasteiger partial charge in [0.15, 0.2) is 24.8 Å². The van der Waals surface area contributed by atoms with E-state index in [2.05, 4.69) is 8.37 Å². The molecule has 31 heavy (non-hydrogen) atoms. The molecule has 2 aliphatic rings. The molecule has 2 heterocycles. The van der Waals surface area contributed by atoms with Crippen LogP contribution in [-0.2, 0) is 53.0 Å². The molecule has 0 saturated carbocycles. The molecular weight excluding hydrogens is 480 g/mol. The molecule has 0 amide bonds. The first kappa shape index (κ1) is 25.9. The number of aliphatic carboxylic acids is 1. The Morgan fingerprint density at radius 1 is 0.935 bits per heavy atom. The lowest BCUT2D eigenvalue weighted by atomic mass is 9.98. The predicted octanol–water partition coefficient (Wildman–Crippen LogP) is -4.76. The Morgan fingerprint density at radius 3 is 2.03 bits per heavy atom. The number of hydrogen-bond donors (Lipinski definition) is 6. The largest absolute Gasteiger partial charge is 0.479 e. The third-order valence-corrected chi connectivity index (χ3v) is 5.10. The summed E-state index contributed by atoms with van der Waals surface area (Å²) in [6.07, 6.45) is -18.2. The maximum atomic E-state index is 11.2. The highest BCUT2D eigenvalue weighted by atomic mass is 32.3. The van der Waals surface area contributed by atoms with Gasteiger partial charge in [-0.25, -0.2) is 13.2 Å². The number of ether oxygens (including phenoxy) is 3. The van der Waals surface area contributed by atoms with Crippen LogP contribution in [0.25, 0.3) is 0 Å². The first-order chi connectivity index (χ1) is 14.1. The number of carboxylic acid groups (broad SMARTS) is 1. The van der Waals surface area contributed by atoms with Crippen molar-refractivity contribution in [1.82, 2.24) is 0 Å². The highest BCUT2D eigenvalue weighted by molar-refractivity contribution is 7.81. The lowest BCUT2D eigenvalue weighted by Crippen LogP contribution is -2.62. The fourth-order valence-corrected chi connectivity index (χ4v) is 3.67. The molecule has 0 bridgehead atoms. The van der Waals surface area contributed by atoms with E-state index < -0.39 is 88.5 Å². The van der Waals surface area contributed by atoms with E-state index in [1.54, 1.807) is 0 Å². The van der Waals surface area contributed by atoms with Crippen molar-refractivity contribution in [2.45, 2.75) is 55.1 Å². The van der Waals surface area contributed by atoms with Crippen molar-refractivity contribution in [2.24, 2.45) is 0 Å². The van der Waals surface area contributed by atoms with Crippen LogP contribution in [0.5, 0.6) is 0 Å². The molecular formula is C12H18O17S2. The third-order valence-electron chi connectivity index (χ3n) is 4.20. The summed E-state index contributed by atoms with van der Waals surface area (Å²) in [5.74, 6) is -1.83. The summed E-state index contributed by atoms with van der Waals surface area (Å²) in [5.41, 5.74) is 0. The van der Waals surface area contributed by atoms with Crippen LogP contribution in [0.2, 0.25) is 0 Å². The lowest BCUT2D eigenvalue weighted by molar-refractivity contribution is -0.306. The van der Waals surface area contributed by atoms with Gasteiger partial charge in [0.05, 0.1) is 6.61 Å². The zero-order valence-corrected chi connectivity index (χ0v) is 16.6. The number of carbonyl (C=O) groups excluding carboxylic acids is 1. The van der Waals surface area contributed by atoms with Gasteiger partial charge in [0, 0.05) is 0 Å². The van der Waals surface area contributed by atoms with Gasteiger partial charge in [-0.3, -0.25) is 9.11 Å². The van der Waals surface area contributed by atoms with Crippen molar-refractivity contribution < 1.29 is 78.5 Å². The van der Waals surface area contributed by atoms with Crippen molar-refractivity contribution in [1.29, 1.82) is 0 Å². The Hall–Kier alpha value is -1.36. The van der Waals surface area contributed by atoms with Crippen LogP contribution in [-0.4, -0.2) is 120 Å². The van der Waals surface area contributed by atoms with Crippen LogP contribution in [0.3, 0.4) is 0 Å². The van der Waals surface area contributed by atoms with Crippen LogP contribution in [0.15, 0.2) is 0 Å². The number of aliphatic hydroxyl groups is 3. The molecule has 0 aromatic heterocycles. The fourth-order valence-electron chi connectivity index (χ4n) is 2.88. The molecule has 19 heteroatoms. The number of hydrogen-bond acceptors (Lipinski definition) is 14. The molecule has 0 aromatic carbocycles. The molecule has 0 aliphatic carbocycles. The summed E-state index contributed by atoms with van der Waals surface area (Å²) in [4.78, 5) is 22.3. The van der Waals surface area contributed by atoms with Gasteiger partial charge in [0.2, 0.25) is 0 Å².